The molecule has 0 unspecified atom stereocenters. The topological polar surface area (TPSA) is 142 Å². The molecule has 2 rings (SSSR count). The Labute approximate surface area is 150 Å². The Hall–Kier alpha value is -2.98. The number of nitrogens with one attached hydrogen (secondary N) is 1. The Morgan fingerprint density at radius 1 is 1.27 bits per heavy atom. The molecule has 26 heavy (non-hydrogen) atoms. The van der Waals surface area contributed by atoms with Crippen LogP contribution in [0.25, 0.3) is 0 Å². The van der Waals surface area contributed by atoms with Gasteiger partial charge in [0.2, 0.25) is 10.0 Å². The normalized spacial score (nSPS) is 11.0. The largest absolute Gasteiger partial charge is 0.484 e. The summed E-state index contributed by atoms with van der Waals surface area (Å²) in [6, 6.07) is 8.11. The van der Waals surface area contributed by atoms with E-state index in [-0.39, 0.29) is 16.3 Å². The number of primary sulfonamides is 1. The highest BCUT2D eigenvalue weighted by Crippen LogP contribution is 2.24. The van der Waals surface area contributed by atoms with Crippen molar-refractivity contribution in [2.75, 3.05) is 11.9 Å². The standard InChI is InChI=1S/C16H17N3O6S/c1-10-6-14(26(17,23)24)8-15(11(10)2)18-16(20)9-25-13-5-3-4-12(7-13)19(21)22/h3-8H,9H2,1-2H3,(H,18,20)(H2,17,23,24). The molecule has 0 radical (unpaired) electrons. The van der Waals surface area contributed by atoms with Crippen molar-refractivity contribution in [1.82, 2.24) is 0 Å². The maximum Gasteiger partial charge on any atom is 0.273 e. The average molecular weight is 379 g/mol. The Bertz CT molecular complexity index is 972. The lowest BCUT2D eigenvalue weighted by Gasteiger charge is -2.13. The number of rotatable bonds is 6. The number of hydrogen-bond donors (Lipinski definition) is 2. The van der Waals surface area contributed by atoms with Gasteiger partial charge in [0.25, 0.3) is 11.6 Å². The third-order valence-corrected chi connectivity index (χ3v) is 4.53. The highest BCUT2D eigenvalue weighted by molar-refractivity contribution is 7.89. The third kappa shape index (κ3) is 4.77. The van der Waals surface area contributed by atoms with Crippen molar-refractivity contribution in [2.45, 2.75) is 18.7 Å². The van der Waals surface area contributed by atoms with Crippen molar-refractivity contribution in [1.29, 1.82) is 0 Å². The number of nitro benzene ring substituents is 1. The number of nitrogens with zero attached hydrogens (tertiary/aromatic N) is 1. The first kappa shape index (κ1) is 19.3. The van der Waals surface area contributed by atoms with Gasteiger partial charge < -0.3 is 10.1 Å². The molecule has 0 aliphatic carbocycles. The second-order valence-electron chi connectivity index (χ2n) is 5.55. The van der Waals surface area contributed by atoms with Gasteiger partial charge in [-0.15, -0.1) is 0 Å². The van der Waals surface area contributed by atoms with Crippen molar-refractivity contribution in [3.8, 4) is 5.75 Å². The Kier molecular flexibility index (Phi) is 5.58. The van der Waals surface area contributed by atoms with E-state index in [1.54, 1.807) is 13.8 Å². The van der Waals surface area contributed by atoms with Crippen LogP contribution in [-0.2, 0) is 14.8 Å². The summed E-state index contributed by atoms with van der Waals surface area (Å²) >= 11 is 0. The Morgan fingerprint density at radius 3 is 2.58 bits per heavy atom. The first-order valence-corrected chi connectivity index (χ1v) is 8.93. The van der Waals surface area contributed by atoms with E-state index < -0.39 is 27.5 Å². The molecule has 0 aromatic heterocycles. The van der Waals surface area contributed by atoms with E-state index in [4.69, 9.17) is 9.88 Å². The van der Waals surface area contributed by atoms with Crippen LogP contribution < -0.4 is 15.2 Å². The van der Waals surface area contributed by atoms with Crippen LogP contribution in [0, 0.1) is 24.0 Å². The SMILES string of the molecule is Cc1cc(S(N)(=O)=O)cc(NC(=O)COc2cccc([N+](=O)[O-])c2)c1C. The molecule has 2 aromatic carbocycles. The first-order chi connectivity index (χ1) is 12.1. The monoisotopic (exact) mass is 379 g/mol. The van der Waals surface area contributed by atoms with Crippen LogP contribution in [0.3, 0.4) is 0 Å². The third-order valence-electron chi connectivity index (χ3n) is 3.64. The lowest BCUT2D eigenvalue weighted by molar-refractivity contribution is -0.384. The second-order valence-corrected chi connectivity index (χ2v) is 7.11. The van der Waals surface area contributed by atoms with Crippen LogP contribution >= 0.6 is 0 Å². The van der Waals surface area contributed by atoms with Crippen LogP contribution in [0.2, 0.25) is 0 Å². The van der Waals surface area contributed by atoms with Crippen LogP contribution in [0.4, 0.5) is 11.4 Å². The summed E-state index contributed by atoms with van der Waals surface area (Å²) in [6.07, 6.45) is 0. The van der Waals surface area contributed by atoms with Gasteiger partial charge in [0.05, 0.1) is 15.9 Å². The van der Waals surface area contributed by atoms with Crippen LogP contribution in [0.5, 0.6) is 5.75 Å². The number of amides is 1. The summed E-state index contributed by atoms with van der Waals surface area (Å²) in [7, 11) is -3.91. The van der Waals surface area contributed by atoms with Gasteiger partial charge in [0.1, 0.15) is 5.75 Å². The number of benzene rings is 2. The van der Waals surface area contributed by atoms with E-state index in [0.717, 1.165) is 0 Å². The first-order valence-electron chi connectivity index (χ1n) is 7.39. The molecule has 0 bridgehead atoms. The Morgan fingerprint density at radius 2 is 1.96 bits per heavy atom. The van der Waals surface area contributed by atoms with E-state index in [1.165, 1.54) is 36.4 Å². The molecule has 0 saturated carbocycles. The molecule has 10 heteroatoms. The van der Waals surface area contributed by atoms with Gasteiger partial charge >= 0.3 is 0 Å². The zero-order chi connectivity index (χ0) is 19.5. The van der Waals surface area contributed by atoms with Crippen molar-refractivity contribution in [3.05, 3.63) is 57.6 Å². The molecule has 0 spiro atoms. The second kappa shape index (κ2) is 7.50. The number of nitro groups is 1. The van der Waals surface area contributed by atoms with Gasteiger partial charge in [-0.1, -0.05) is 6.07 Å². The molecule has 0 saturated heterocycles. The molecular weight excluding hydrogens is 362 g/mol. The summed E-state index contributed by atoms with van der Waals surface area (Å²) in [5, 5.41) is 18.4. The minimum atomic E-state index is -3.91. The summed E-state index contributed by atoms with van der Waals surface area (Å²) in [4.78, 5) is 22.1. The number of hydrogen-bond acceptors (Lipinski definition) is 6. The molecule has 3 N–H and O–H groups in total. The molecule has 0 aliphatic heterocycles. The van der Waals surface area contributed by atoms with E-state index in [9.17, 15) is 23.3 Å². The number of sulfonamides is 1. The Balaban J connectivity index is 2.12. The maximum absolute atomic E-state index is 12.1. The van der Waals surface area contributed by atoms with E-state index in [0.29, 0.717) is 16.8 Å². The van der Waals surface area contributed by atoms with Gasteiger partial charge in [-0.2, -0.15) is 0 Å². The molecule has 0 fully saturated rings. The van der Waals surface area contributed by atoms with E-state index in [1.807, 2.05) is 0 Å². The van der Waals surface area contributed by atoms with Gasteiger partial charge in [-0.05, 0) is 43.2 Å². The van der Waals surface area contributed by atoms with Crippen molar-refractivity contribution in [3.63, 3.8) is 0 Å². The maximum atomic E-state index is 12.1. The van der Waals surface area contributed by atoms with E-state index in [2.05, 4.69) is 5.32 Å². The number of carbonyl (C=O) groups excluding carboxylic acids is 1. The highest BCUT2D eigenvalue weighted by atomic mass is 32.2. The molecule has 2 aromatic rings. The van der Waals surface area contributed by atoms with Gasteiger partial charge in [0.15, 0.2) is 6.61 Å². The van der Waals surface area contributed by atoms with Crippen LogP contribution in [0.15, 0.2) is 41.3 Å². The molecule has 0 heterocycles. The number of anilines is 1. The fraction of sp³-hybridized carbons (Fsp3) is 0.188. The molecule has 0 atom stereocenters. The zero-order valence-corrected chi connectivity index (χ0v) is 14.9. The van der Waals surface area contributed by atoms with Gasteiger partial charge in [-0.3, -0.25) is 14.9 Å². The predicted molar refractivity (Wildman–Crippen MR) is 94.5 cm³/mol. The molecule has 1 amide bonds. The van der Waals surface area contributed by atoms with Gasteiger partial charge in [0, 0.05) is 11.8 Å². The fourth-order valence-electron chi connectivity index (χ4n) is 2.14. The number of nitrogens with two attached hydrogens (primary N) is 1. The van der Waals surface area contributed by atoms with Crippen molar-refractivity contribution in [2.24, 2.45) is 5.14 Å². The van der Waals surface area contributed by atoms with Crippen molar-refractivity contribution < 1.29 is 22.9 Å². The fourth-order valence-corrected chi connectivity index (χ4v) is 2.77. The van der Waals surface area contributed by atoms with E-state index >= 15 is 0 Å². The molecule has 138 valence electrons. The number of aryl methyl sites for hydroxylation is 1. The number of carbonyl (C=O) groups is 1. The summed E-state index contributed by atoms with van der Waals surface area (Å²) in [5.74, 6) is -0.383. The lowest BCUT2D eigenvalue weighted by atomic mass is 10.1. The number of ether oxygens (including phenoxy) is 1. The predicted octanol–water partition coefficient (Wildman–Crippen LogP) is 1.88. The highest BCUT2D eigenvalue weighted by Gasteiger charge is 2.15. The average Bonchev–Trinajstić information content (AvgIpc) is 2.56. The summed E-state index contributed by atoms with van der Waals surface area (Å²) < 4.78 is 28.3. The van der Waals surface area contributed by atoms with Crippen molar-refractivity contribution >= 4 is 27.3 Å². The van der Waals surface area contributed by atoms with Gasteiger partial charge in [-0.25, -0.2) is 13.6 Å². The molecule has 0 aliphatic rings. The summed E-state index contributed by atoms with van der Waals surface area (Å²) in [6.45, 7) is 3.01. The van der Waals surface area contributed by atoms with Crippen LogP contribution in [-0.4, -0.2) is 25.9 Å². The summed E-state index contributed by atoms with van der Waals surface area (Å²) in [5.41, 5.74) is 1.46. The van der Waals surface area contributed by atoms with Crippen LogP contribution in [0.1, 0.15) is 11.1 Å². The number of non-ortho nitro benzene ring substituents is 1. The quantitative estimate of drug-likeness (QED) is 0.580. The molecular formula is C16H17N3O6S. The zero-order valence-electron chi connectivity index (χ0n) is 14.1. The minimum Gasteiger partial charge on any atom is -0.484 e. The molecule has 9 nitrogen and oxygen atoms in total. The minimum absolute atomic E-state index is 0.115. The smallest absolute Gasteiger partial charge is 0.273 e. The lowest BCUT2D eigenvalue weighted by Crippen LogP contribution is -2.21.